The zero-order chi connectivity index (χ0) is 12.2. The molecule has 1 amide bonds. The van der Waals surface area contributed by atoms with Gasteiger partial charge in [-0.2, -0.15) is 0 Å². The topological polar surface area (TPSA) is 58.4 Å². The monoisotopic (exact) mass is 299 g/mol. The molecule has 18 heavy (non-hydrogen) atoms. The van der Waals surface area contributed by atoms with Gasteiger partial charge < -0.3 is 16.0 Å². The number of amides is 1. The number of likely N-dealkylation sites (tertiary alicyclic amines) is 1. The molecule has 1 aliphatic rings. The van der Waals surface area contributed by atoms with Crippen LogP contribution in [-0.4, -0.2) is 43.5 Å². The van der Waals surface area contributed by atoms with Gasteiger partial charge in [0.15, 0.2) is 0 Å². The lowest BCUT2D eigenvalue weighted by Gasteiger charge is -2.22. The molecule has 0 saturated carbocycles. The van der Waals surface area contributed by atoms with Crippen LogP contribution >= 0.6 is 24.8 Å². The van der Waals surface area contributed by atoms with Crippen LogP contribution in [0, 0.1) is 11.3 Å². The van der Waals surface area contributed by atoms with Crippen LogP contribution in [0.25, 0.3) is 0 Å². The number of halogens is 2. The van der Waals surface area contributed by atoms with Gasteiger partial charge in [0.25, 0.3) is 0 Å². The van der Waals surface area contributed by atoms with E-state index in [1.807, 2.05) is 13.8 Å². The summed E-state index contributed by atoms with van der Waals surface area (Å²) >= 11 is 0. The van der Waals surface area contributed by atoms with E-state index in [2.05, 4.69) is 17.1 Å². The van der Waals surface area contributed by atoms with Crippen LogP contribution in [0.1, 0.15) is 27.2 Å². The van der Waals surface area contributed by atoms with Crippen LogP contribution in [0.15, 0.2) is 0 Å². The zero-order valence-corrected chi connectivity index (χ0v) is 13.2. The summed E-state index contributed by atoms with van der Waals surface area (Å²) in [6.45, 7) is 10.5. The molecule has 0 radical (unpaired) electrons. The fraction of sp³-hybridized carbons (Fsp3) is 0.917. The van der Waals surface area contributed by atoms with Crippen LogP contribution in [0.5, 0.6) is 0 Å². The molecule has 1 rings (SSSR count). The molecule has 110 valence electrons. The van der Waals surface area contributed by atoms with Gasteiger partial charge in [0, 0.05) is 19.6 Å². The number of carbonyl (C=O) groups is 1. The van der Waals surface area contributed by atoms with E-state index in [1.165, 1.54) is 6.42 Å². The Hall–Kier alpha value is -0.0300. The maximum atomic E-state index is 11.8. The first-order chi connectivity index (χ1) is 7.49. The van der Waals surface area contributed by atoms with Crippen molar-refractivity contribution in [3.05, 3.63) is 0 Å². The fourth-order valence-corrected chi connectivity index (χ4v) is 1.94. The predicted octanol–water partition coefficient (Wildman–Crippen LogP) is 1.27. The Balaban J connectivity index is 0. The number of carbonyl (C=O) groups excluding carboxylic acids is 1. The number of nitrogens with zero attached hydrogens (tertiary/aromatic N) is 1. The standard InChI is InChI=1S/C12H25N3O.2ClH/c1-4-15-6-5-10(8-15)7-14-11(16)12(2,3)9-13;;/h10H,4-9,13H2,1-3H3,(H,14,16);2*1H. The average Bonchev–Trinajstić information content (AvgIpc) is 2.73. The van der Waals surface area contributed by atoms with E-state index < -0.39 is 5.41 Å². The summed E-state index contributed by atoms with van der Waals surface area (Å²) in [5, 5.41) is 3.01. The highest BCUT2D eigenvalue weighted by atomic mass is 35.5. The maximum absolute atomic E-state index is 11.8. The zero-order valence-electron chi connectivity index (χ0n) is 11.6. The Morgan fingerprint density at radius 2 is 2.06 bits per heavy atom. The van der Waals surface area contributed by atoms with Crippen molar-refractivity contribution in [1.82, 2.24) is 10.2 Å². The molecule has 1 fully saturated rings. The average molecular weight is 300 g/mol. The summed E-state index contributed by atoms with van der Waals surface area (Å²) in [5.41, 5.74) is 5.12. The van der Waals surface area contributed by atoms with Crippen molar-refractivity contribution >= 4 is 30.7 Å². The van der Waals surface area contributed by atoms with E-state index in [-0.39, 0.29) is 30.7 Å². The molecule has 1 unspecified atom stereocenters. The SMILES string of the molecule is CCN1CCC(CNC(=O)C(C)(C)CN)C1.Cl.Cl. The largest absolute Gasteiger partial charge is 0.355 e. The highest BCUT2D eigenvalue weighted by Crippen LogP contribution is 2.16. The van der Waals surface area contributed by atoms with Crippen LogP contribution in [0.3, 0.4) is 0 Å². The van der Waals surface area contributed by atoms with Crippen molar-refractivity contribution in [2.75, 3.05) is 32.7 Å². The molecule has 0 aromatic heterocycles. The third kappa shape index (κ3) is 5.74. The van der Waals surface area contributed by atoms with E-state index >= 15 is 0 Å². The lowest BCUT2D eigenvalue weighted by molar-refractivity contribution is -0.129. The van der Waals surface area contributed by atoms with Gasteiger partial charge in [0.05, 0.1) is 5.41 Å². The first kappa shape index (κ1) is 20.3. The lowest BCUT2D eigenvalue weighted by Crippen LogP contribution is -2.43. The Morgan fingerprint density at radius 3 is 2.50 bits per heavy atom. The summed E-state index contributed by atoms with van der Waals surface area (Å²) in [4.78, 5) is 14.2. The van der Waals surface area contributed by atoms with Gasteiger partial charge in [-0.15, -0.1) is 24.8 Å². The highest BCUT2D eigenvalue weighted by Gasteiger charge is 2.27. The molecule has 0 bridgehead atoms. The van der Waals surface area contributed by atoms with Crippen LogP contribution < -0.4 is 11.1 Å². The van der Waals surface area contributed by atoms with E-state index in [1.54, 1.807) is 0 Å². The molecular formula is C12H27Cl2N3O. The molecule has 4 nitrogen and oxygen atoms in total. The third-order valence-corrected chi connectivity index (χ3v) is 3.49. The number of hydrogen-bond donors (Lipinski definition) is 2. The normalized spacial score (nSPS) is 19.9. The van der Waals surface area contributed by atoms with Crippen molar-refractivity contribution in [2.24, 2.45) is 17.1 Å². The van der Waals surface area contributed by atoms with Gasteiger partial charge in [-0.05, 0) is 39.3 Å². The van der Waals surface area contributed by atoms with Crippen LogP contribution in [0.2, 0.25) is 0 Å². The molecule has 1 heterocycles. The van der Waals surface area contributed by atoms with Crippen LogP contribution in [-0.2, 0) is 4.79 Å². The first-order valence-corrected chi connectivity index (χ1v) is 6.20. The van der Waals surface area contributed by atoms with Crippen LogP contribution in [0.4, 0.5) is 0 Å². The number of hydrogen-bond acceptors (Lipinski definition) is 3. The molecule has 0 aromatic rings. The van der Waals surface area contributed by atoms with Crippen molar-refractivity contribution in [3.63, 3.8) is 0 Å². The molecule has 1 atom stereocenters. The van der Waals surface area contributed by atoms with Gasteiger partial charge in [0.1, 0.15) is 0 Å². The second-order valence-corrected chi connectivity index (χ2v) is 5.35. The second kappa shape index (κ2) is 8.97. The van der Waals surface area contributed by atoms with Crippen molar-refractivity contribution < 1.29 is 4.79 Å². The van der Waals surface area contributed by atoms with Gasteiger partial charge in [0.2, 0.25) is 5.91 Å². The molecule has 1 aliphatic heterocycles. The van der Waals surface area contributed by atoms with Crippen molar-refractivity contribution in [2.45, 2.75) is 27.2 Å². The molecular weight excluding hydrogens is 273 g/mol. The first-order valence-electron chi connectivity index (χ1n) is 6.20. The predicted molar refractivity (Wildman–Crippen MR) is 80.6 cm³/mol. The van der Waals surface area contributed by atoms with Gasteiger partial charge in [-0.3, -0.25) is 4.79 Å². The molecule has 3 N–H and O–H groups in total. The van der Waals surface area contributed by atoms with E-state index in [0.29, 0.717) is 12.5 Å². The summed E-state index contributed by atoms with van der Waals surface area (Å²) in [5.74, 6) is 0.683. The molecule has 0 aliphatic carbocycles. The summed E-state index contributed by atoms with van der Waals surface area (Å²) in [6, 6.07) is 0. The highest BCUT2D eigenvalue weighted by molar-refractivity contribution is 5.85. The molecule has 1 saturated heterocycles. The Bertz CT molecular complexity index is 249. The van der Waals surface area contributed by atoms with Gasteiger partial charge in [-0.1, -0.05) is 6.92 Å². The minimum Gasteiger partial charge on any atom is -0.355 e. The molecule has 0 aromatic carbocycles. The lowest BCUT2D eigenvalue weighted by atomic mass is 9.92. The third-order valence-electron chi connectivity index (χ3n) is 3.49. The minimum absolute atomic E-state index is 0. The molecule has 6 heteroatoms. The Morgan fingerprint density at radius 1 is 1.44 bits per heavy atom. The smallest absolute Gasteiger partial charge is 0.226 e. The van der Waals surface area contributed by atoms with Crippen molar-refractivity contribution in [1.29, 1.82) is 0 Å². The fourth-order valence-electron chi connectivity index (χ4n) is 1.94. The summed E-state index contributed by atoms with van der Waals surface area (Å²) in [7, 11) is 0. The van der Waals surface area contributed by atoms with Gasteiger partial charge >= 0.3 is 0 Å². The minimum atomic E-state index is -0.441. The van der Waals surface area contributed by atoms with E-state index in [9.17, 15) is 4.79 Å². The number of nitrogens with two attached hydrogens (primary N) is 1. The summed E-state index contributed by atoms with van der Waals surface area (Å²) < 4.78 is 0. The Labute approximate surface area is 123 Å². The maximum Gasteiger partial charge on any atom is 0.226 e. The van der Waals surface area contributed by atoms with Gasteiger partial charge in [-0.25, -0.2) is 0 Å². The van der Waals surface area contributed by atoms with E-state index in [0.717, 1.165) is 26.2 Å². The second-order valence-electron chi connectivity index (χ2n) is 5.35. The quantitative estimate of drug-likeness (QED) is 0.804. The Kier molecular flexibility index (Phi) is 10.1. The summed E-state index contributed by atoms with van der Waals surface area (Å²) in [6.07, 6.45) is 1.19. The van der Waals surface area contributed by atoms with E-state index in [4.69, 9.17) is 5.73 Å². The number of nitrogens with one attached hydrogen (secondary N) is 1. The molecule has 0 spiro atoms. The van der Waals surface area contributed by atoms with Crippen molar-refractivity contribution in [3.8, 4) is 0 Å². The number of rotatable bonds is 5.